The molecule has 1 atom stereocenters. The number of aliphatic hydroxyl groups is 1. The number of halogens is 3. The van der Waals surface area contributed by atoms with Gasteiger partial charge < -0.3 is 20.8 Å². The third-order valence-corrected chi connectivity index (χ3v) is 1.24. The summed E-state index contributed by atoms with van der Waals surface area (Å²) in [5.74, 6) is -1.54. The second-order valence-electron chi connectivity index (χ2n) is 2.52. The molecule has 0 aromatic carbocycles. The summed E-state index contributed by atoms with van der Waals surface area (Å²) in [6.07, 6.45) is -4.57. The second kappa shape index (κ2) is 5.39. The predicted molar refractivity (Wildman–Crippen MR) is 41.1 cm³/mol. The topological polar surface area (TPSA) is 98.7 Å². The molecular weight excluding hydrogens is 221 g/mol. The largest absolute Gasteiger partial charge is 0.480 e. The van der Waals surface area contributed by atoms with Crippen LogP contribution in [0.5, 0.6) is 0 Å². The Kier molecular flexibility index (Phi) is 4.85. The molecule has 6 nitrogen and oxygen atoms in total. The van der Waals surface area contributed by atoms with Crippen LogP contribution in [0, 0.1) is 0 Å². The van der Waals surface area contributed by atoms with Gasteiger partial charge in [-0.05, 0) is 0 Å². The van der Waals surface area contributed by atoms with Gasteiger partial charge in [-0.25, -0.2) is 9.59 Å². The predicted octanol–water partition coefficient (Wildman–Crippen LogP) is -0.707. The molecule has 0 saturated heterocycles. The van der Waals surface area contributed by atoms with Gasteiger partial charge in [0.1, 0.15) is 6.54 Å². The SMILES string of the molecule is O=C(NCC(F)(F)F)NC(CO)C(=O)O. The van der Waals surface area contributed by atoms with Gasteiger partial charge in [0.15, 0.2) is 6.04 Å². The molecule has 0 saturated carbocycles. The minimum Gasteiger partial charge on any atom is -0.480 e. The number of carboxylic acids is 1. The van der Waals surface area contributed by atoms with Gasteiger partial charge in [-0.2, -0.15) is 13.2 Å². The fourth-order valence-corrected chi connectivity index (χ4v) is 0.575. The Labute approximate surface area is 82.1 Å². The summed E-state index contributed by atoms with van der Waals surface area (Å²) in [6, 6.07) is -2.94. The molecule has 88 valence electrons. The molecule has 4 N–H and O–H groups in total. The maximum atomic E-state index is 11.6. The van der Waals surface area contributed by atoms with E-state index in [1.54, 1.807) is 5.32 Å². The number of carboxylic acid groups (broad SMARTS) is 1. The molecule has 0 aliphatic rings. The van der Waals surface area contributed by atoms with Crippen LogP contribution in [0.3, 0.4) is 0 Å². The number of nitrogens with one attached hydrogen (secondary N) is 2. The van der Waals surface area contributed by atoms with Crippen molar-refractivity contribution in [3.8, 4) is 0 Å². The molecule has 0 aliphatic carbocycles. The Morgan fingerprint density at radius 2 is 1.87 bits per heavy atom. The molecule has 0 aromatic rings. The zero-order valence-corrected chi connectivity index (χ0v) is 7.34. The number of carbonyl (C=O) groups is 2. The molecular formula is C6H9F3N2O4. The lowest BCUT2D eigenvalue weighted by Crippen LogP contribution is -2.49. The van der Waals surface area contributed by atoms with E-state index in [9.17, 15) is 22.8 Å². The summed E-state index contributed by atoms with van der Waals surface area (Å²) in [5.41, 5.74) is 0. The highest BCUT2D eigenvalue weighted by Gasteiger charge is 2.28. The van der Waals surface area contributed by atoms with E-state index in [2.05, 4.69) is 0 Å². The lowest BCUT2D eigenvalue weighted by atomic mass is 10.3. The van der Waals surface area contributed by atoms with Crippen LogP contribution in [0.4, 0.5) is 18.0 Å². The van der Waals surface area contributed by atoms with Gasteiger partial charge >= 0.3 is 18.2 Å². The van der Waals surface area contributed by atoms with Crippen molar-refractivity contribution in [2.45, 2.75) is 12.2 Å². The fourth-order valence-electron chi connectivity index (χ4n) is 0.575. The number of hydrogen-bond donors (Lipinski definition) is 4. The lowest BCUT2D eigenvalue weighted by molar-refractivity contribution is -0.140. The van der Waals surface area contributed by atoms with Crippen LogP contribution < -0.4 is 10.6 Å². The smallest absolute Gasteiger partial charge is 0.405 e. The zero-order valence-electron chi connectivity index (χ0n) is 7.34. The molecule has 0 heterocycles. The van der Waals surface area contributed by atoms with Gasteiger partial charge in [-0.1, -0.05) is 0 Å². The maximum Gasteiger partial charge on any atom is 0.405 e. The van der Waals surface area contributed by atoms with Gasteiger partial charge in [0, 0.05) is 0 Å². The molecule has 0 spiro atoms. The van der Waals surface area contributed by atoms with E-state index in [1.165, 1.54) is 5.32 Å². The molecule has 0 aromatic heterocycles. The van der Waals surface area contributed by atoms with E-state index >= 15 is 0 Å². The van der Waals surface area contributed by atoms with Crippen molar-refractivity contribution in [3.63, 3.8) is 0 Å². The van der Waals surface area contributed by atoms with E-state index in [4.69, 9.17) is 10.2 Å². The summed E-state index contributed by atoms with van der Waals surface area (Å²) in [4.78, 5) is 20.9. The number of alkyl halides is 3. The Balaban J connectivity index is 3.98. The molecule has 15 heavy (non-hydrogen) atoms. The molecule has 1 unspecified atom stereocenters. The molecule has 0 rings (SSSR count). The van der Waals surface area contributed by atoms with Crippen molar-refractivity contribution >= 4 is 12.0 Å². The minimum atomic E-state index is -4.57. The van der Waals surface area contributed by atoms with Gasteiger partial charge in [0.2, 0.25) is 0 Å². The fraction of sp³-hybridized carbons (Fsp3) is 0.667. The molecule has 0 radical (unpaired) electrons. The summed E-state index contributed by atoms with van der Waals surface area (Å²) < 4.78 is 34.8. The van der Waals surface area contributed by atoms with Crippen molar-refractivity contribution in [3.05, 3.63) is 0 Å². The van der Waals surface area contributed by atoms with E-state index < -0.39 is 37.4 Å². The molecule has 0 fully saturated rings. The molecule has 0 aliphatic heterocycles. The number of carbonyl (C=O) groups excluding carboxylic acids is 1. The Bertz CT molecular complexity index is 243. The van der Waals surface area contributed by atoms with E-state index in [-0.39, 0.29) is 0 Å². The van der Waals surface area contributed by atoms with Crippen LogP contribution >= 0.6 is 0 Å². The van der Waals surface area contributed by atoms with E-state index in [0.717, 1.165) is 0 Å². The average molecular weight is 230 g/mol. The summed E-state index contributed by atoms with van der Waals surface area (Å²) in [5, 5.41) is 19.8. The Hall–Kier alpha value is -1.51. The van der Waals surface area contributed by atoms with Crippen molar-refractivity contribution in [2.24, 2.45) is 0 Å². The number of aliphatic carboxylic acids is 1. The highest BCUT2D eigenvalue weighted by Crippen LogP contribution is 2.11. The Morgan fingerprint density at radius 3 is 2.20 bits per heavy atom. The monoisotopic (exact) mass is 230 g/mol. The number of amides is 2. The van der Waals surface area contributed by atoms with Crippen LogP contribution in [0.15, 0.2) is 0 Å². The number of hydrogen-bond acceptors (Lipinski definition) is 3. The van der Waals surface area contributed by atoms with Crippen LogP contribution in [-0.2, 0) is 4.79 Å². The van der Waals surface area contributed by atoms with Crippen LogP contribution in [-0.4, -0.2) is 47.6 Å². The third kappa shape index (κ3) is 6.55. The first kappa shape index (κ1) is 13.5. The first-order valence-electron chi connectivity index (χ1n) is 3.71. The molecule has 2 amide bonds. The number of aliphatic hydroxyl groups excluding tert-OH is 1. The normalized spacial score (nSPS) is 13.1. The number of urea groups is 1. The van der Waals surface area contributed by atoms with Crippen molar-refractivity contribution in [2.75, 3.05) is 13.2 Å². The highest BCUT2D eigenvalue weighted by atomic mass is 19.4. The summed E-state index contributed by atoms with van der Waals surface area (Å²) >= 11 is 0. The minimum absolute atomic E-state index is 0.908. The van der Waals surface area contributed by atoms with E-state index in [1.807, 2.05) is 0 Å². The first-order valence-corrected chi connectivity index (χ1v) is 3.71. The maximum absolute atomic E-state index is 11.6. The summed E-state index contributed by atoms with van der Waals surface area (Å²) in [6.45, 7) is -2.48. The van der Waals surface area contributed by atoms with Gasteiger partial charge in [-0.15, -0.1) is 0 Å². The second-order valence-corrected chi connectivity index (χ2v) is 2.52. The van der Waals surface area contributed by atoms with Crippen molar-refractivity contribution in [1.82, 2.24) is 10.6 Å². The average Bonchev–Trinajstić information content (AvgIpc) is 2.09. The number of rotatable bonds is 4. The third-order valence-electron chi connectivity index (χ3n) is 1.24. The Morgan fingerprint density at radius 1 is 1.33 bits per heavy atom. The standard InChI is InChI=1S/C6H9F3N2O4/c7-6(8,9)2-10-5(15)11-3(1-12)4(13)14/h3,12H,1-2H2,(H,13,14)(H2,10,11,15). The van der Waals surface area contributed by atoms with Crippen LogP contribution in [0.25, 0.3) is 0 Å². The van der Waals surface area contributed by atoms with Gasteiger partial charge in [0.05, 0.1) is 6.61 Å². The molecule has 0 bridgehead atoms. The van der Waals surface area contributed by atoms with E-state index in [0.29, 0.717) is 0 Å². The first-order chi connectivity index (χ1) is 6.76. The van der Waals surface area contributed by atoms with Crippen LogP contribution in [0.2, 0.25) is 0 Å². The molecule has 9 heteroatoms. The lowest BCUT2D eigenvalue weighted by Gasteiger charge is -2.13. The van der Waals surface area contributed by atoms with Crippen molar-refractivity contribution < 1.29 is 33.0 Å². The van der Waals surface area contributed by atoms with Crippen LogP contribution in [0.1, 0.15) is 0 Å². The van der Waals surface area contributed by atoms with Gasteiger partial charge in [-0.3, -0.25) is 0 Å². The quantitative estimate of drug-likeness (QED) is 0.513. The summed E-state index contributed by atoms with van der Waals surface area (Å²) in [7, 11) is 0. The zero-order chi connectivity index (χ0) is 12.1. The van der Waals surface area contributed by atoms with Crippen molar-refractivity contribution in [1.29, 1.82) is 0 Å². The highest BCUT2D eigenvalue weighted by molar-refractivity contribution is 5.82. The van der Waals surface area contributed by atoms with Gasteiger partial charge in [0.25, 0.3) is 0 Å².